The number of aliphatic hydroxyl groups is 1. The molecule has 2 aromatic rings. The predicted octanol–water partition coefficient (Wildman–Crippen LogP) is 2.64. The first-order chi connectivity index (χ1) is 10.4. The molecule has 2 aromatic carbocycles. The van der Waals surface area contributed by atoms with Crippen LogP contribution in [0, 0.1) is 6.92 Å². The third kappa shape index (κ3) is 3.53. The highest BCUT2D eigenvalue weighted by Crippen LogP contribution is 2.16. The molecule has 0 aliphatic heterocycles. The van der Waals surface area contributed by atoms with E-state index in [-0.39, 0.29) is 21.8 Å². The summed E-state index contributed by atoms with van der Waals surface area (Å²) in [6, 6.07) is 12.7. The van der Waals surface area contributed by atoms with E-state index in [1.54, 1.807) is 24.3 Å². The number of rotatable bonds is 5. The molecule has 0 atom stereocenters. The Labute approximate surface area is 129 Å². The number of aldehydes is 1. The maximum Gasteiger partial charge on any atom is 0.261 e. The van der Waals surface area contributed by atoms with Crippen molar-refractivity contribution in [2.24, 2.45) is 0 Å². The van der Waals surface area contributed by atoms with Gasteiger partial charge in [0.1, 0.15) is 5.76 Å². The van der Waals surface area contributed by atoms with Gasteiger partial charge in [-0.2, -0.15) is 0 Å². The molecule has 0 amide bonds. The van der Waals surface area contributed by atoms with E-state index in [4.69, 9.17) is 0 Å². The first-order valence-electron chi connectivity index (χ1n) is 6.47. The van der Waals surface area contributed by atoms with E-state index in [2.05, 4.69) is 4.72 Å². The summed E-state index contributed by atoms with van der Waals surface area (Å²) in [7, 11) is -3.77. The second kappa shape index (κ2) is 6.44. The minimum atomic E-state index is -3.77. The van der Waals surface area contributed by atoms with Crippen LogP contribution in [-0.2, 0) is 10.0 Å². The van der Waals surface area contributed by atoms with Crippen LogP contribution in [0.4, 0.5) is 0 Å². The minimum absolute atomic E-state index is 0.0887. The van der Waals surface area contributed by atoms with Gasteiger partial charge in [0, 0.05) is 11.1 Å². The average Bonchev–Trinajstić information content (AvgIpc) is 2.53. The fourth-order valence-corrected chi connectivity index (χ4v) is 2.73. The molecule has 0 heterocycles. The maximum atomic E-state index is 12.1. The summed E-state index contributed by atoms with van der Waals surface area (Å²) < 4.78 is 26.4. The molecule has 114 valence electrons. The number of carbonyl (C=O) groups is 1. The Morgan fingerprint density at radius 1 is 1.09 bits per heavy atom. The molecule has 0 unspecified atom stereocenters. The van der Waals surface area contributed by atoms with Crippen molar-refractivity contribution in [1.82, 2.24) is 4.72 Å². The van der Waals surface area contributed by atoms with Crippen LogP contribution in [0.15, 0.2) is 59.6 Å². The molecule has 0 aliphatic rings. The Morgan fingerprint density at radius 3 is 2.36 bits per heavy atom. The van der Waals surface area contributed by atoms with Crippen LogP contribution in [0.25, 0.3) is 5.76 Å². The van der Waals surface area contributed by atoms with Crippen LogP contribution in [-0.4, -0.2) is 19.8 Å². The van der Waals surface area contributed by atoms with Crippen LogP contribution < -0.4 is 4.72 Å². The first-order valence-corrected chi connectivity index (χ1v) is 7.95. The zero-order chi connectivity index (χ0) is 16.2. The zero-order valence-corrected chi connectivity index (χ0v) is 12.7. The summed E-state index contributed by atoms with van der Waals surface area (Å²) >= 11 is 0. The monoisotopic (exact) mass is 317 g/mol. The molecule has 22 heavy (non-hydrogen) atoms. The number of aryl methyl sites for hydroxylation is 1. The molecule has 5 nitrogen and oxygen atoms in total. The molecule has 0 aliphatic carbocycles. The third-order valence-corrected chi connectivity index (χ3v) is 4.37. The average molecular weight is 317 g/mol. The van der Waals surface area contributed by atoms with Crippen molar-refractivity contribution in [2.45, 2.75) is 11.8 Å². The Hall–Kier alpha value is -2.60. The molecule has 2 rings (SSSR count). The first kappa shape index (κ1) is 15.8. The Balaban J connectivity index is 2.26. The van der Waals surface area contributed by atoms with Gasteiger partial charge in [0.2, 0.25) is 0 Å². The second-order valence-electron chi connectivity index (χ2n) is 4.67. The highest BCUT2D eigenvalue weighted by atomic mass is 32.2. The molecule has 6 heteroatoms. The third-order valence-electron chi connectivity index (χ3n) is 3.05. The number of sulfonamides is 1. The van der Waals surface area contributed by atoms with Crippen molar-refractivity contribution in [3.05, 3.63) is 71.4 Å². The molecule has 0 aromatic heterocycles. The van der Waals surface area contributed by atoms with Crippen LogP contribution in [0.3, 0.4) is 0 Å². The highest BCUT2D eigenvalue weighted by Gasteiger charge is 2.13. The van der Waals surface area contributed by atoms with Crippen molar-refractivity contribution in [1.29, 1.82) is 0 Å². The highest BCUT2D eigenvalue weighted by molar-refractivity contribution is 7.89. The fraction of sp³-hybridized carbons (Fsp3) is 0.0625. The van der Waals surface area contributed by atoms with Crippen LogP contribution >= 0.6 is 0 Å². The van der Waals surface area contributed by atoms with E-state index < -0.39 is 10.0 Å². The van der Waals surface area contributed by atoms with Gasteiger partial charge in [-0.05, 0) is 19.1 Å². The van der Waals surface area contributed by atoms with Gasteiger partial charge in [-0.3, -0.25) is 9.52 Å². The van der Waals surface area contributed by atoms with Crippen molar-refractivity contribution < 1.29 is 18.3 Å². The topological polar surface area (TPSA) is 83.5 Å². The lowest BCUT2D eigenvalue weighted by Gasteiger charge is -2.07. The van der Waals surface area contributed by atoms with Gasteiger partial charge in [0.05, 0.1) is 11.1 Å². The van der Waals surface area contributed by atoms with Crippen molar-refractivity contribution in [3.8, 4) is 0 Å². The summed E-state index contributed by atoms with van der Waals surface area (Å²) in [6.45, 7) is 1.85. The van der Waals surface area contributed by atoms with Gasteiger partial charge in [0.25, 0.3) is 10.0 Å². The van der Waals surface area contributed by atoms with E-state index in [1.807, 2.05) is 6.92 Å². The molecule has 0 radical (unpaired) electrons. The largest absolute Gasteiger partial charge is 0.506 e. The number of nitrogens with one attached hydrogen (secondary N) is 1. The predicted molar refractivity (Wildman–Crippen MR) is 83.9 cm³/mol. The number of aliphatic hydroxyl groups excluding tert-OH is 1. The Kier molecular flexibility index (Phi) is 4.62. The van der Waals surface area contributed by atoms with Gasteiger partial charge in [-0.25, -0.2) is 8.42 Å². The van der Waals surface area contributed by atoms with E-state index in [0.29, 0.717) is 6.29 Å². The summed E-state index contributed by atoms with van der Waals surface area (Å²) in [5.74, 6) is -0.335. The number of hydrogen-bond acceptors (Lipinski definition) is 4. The Morgan fingerprint density at radius 2 is 1.73 bits per heavy atom. The van der Waals surface area contributed by atoms with Gasteiger partial charge in [-0.15, -0.1) is 0 Å². The van der Waals surface area contributed by atoms with E-state index >= 15 is 0 Å². The van der Waals surface area contributed by atoms with Gasteiger partial charge < -0.3 is 5.11 Å². The lowest BCUT2D eigenvalue weighted by atomic mass is 10.1. The lowest BCUT2D eigenvalue weighted by molar-refractivity contribution is 0.112. The maximum absolute atomic E-state index is 12.1. The van der Waals surface area contributed by atoms with Crippen molar-refractivity contribution in [2.75, 3.05) is 0 Å². The van der Waals surface area contributed by atoms with Crippen molar-refractivity contribution in [3.63, 3.8) is 0 Å². The van der Waals surface area contributed by atoms with Crippen LogP contribution in [0.1, 0.15) is 21.5 Å². The fourth-order valence-electron chi connectivity index (χ4n) is 1.83. The second-order valence-corrected chi connectivity index (χ2v) is 6.38. The minimum Gasteiger partial charge on any atom is -0.506 e. The SMILES string of the molecule is Cc1ccc(S(=O)(=O)N/C=C(\O)c2ccccc2C=O)cc1. The number of carbonyl (C=O) groups excluding carboxylic acids is 1. The van der Waals surface area contributed by atoms with Gasteiger partial charge in [0.15, 0.2) is 6.29 Å². The lowest BCUT2D eigenvalue weighted by Crippen LogP contribution is -2.18. The molecule has 0 bridgehead atoms. The molecule has 2 N–H and O–H groups in total. The zero-order valence-electron chi connectivity index (χ0n) is 11.9. The molecule has 0 saturated heterocycles. The molecule has 0 fully saturated rings. The molecule has 0 saturated carbocycles. The summed E-state index contributed by atoms with van der Waals surface area (Å²) in [6.07, 6.45) is 1.55. The quantitative estimate of drug-likeness (QED) is 0.656. The molecular weight excluding hydrogens is 302 g/mol. The molecular formula is C16H15NO4S. The van der Waals surface area contributed by atoms with Crippen LogP contribution in [0.5, 0.6) is 0 Å². The molecule has 0 spiro atoms. The van der Waals surface area contributed by atoms with Gasteiger partial charge >= 0.3 is 0 Å². The van der Waals surface area contributed by atoms with Gasteiger partial charge in [-0.1, -0.05) is 42.0 Å². The van der Waals surface area contributed by atoms with E-state index in [1.165, 1.54) is 24.3 Å². The van der Waals surface area contributed by atoms with Crippen molar-refractivity contribution >= 4 is 22.1 Å². The van der Waals surface area contributed by atoms with Crippen LogP contribution in [0.2, 0.25) is 0 Å². The normalized spacial score (nSPS) is 12.0. The standard InChI is InChI=1S/C16H15NO4S/c1-12-6-8-14(9-7-12)22(20,21)17-10-16(19)15-5-3-2-4-13(15)11-18/h2-11,17,19H,1H3/b16-10-. The Bertz CT molecular complexity index is 808. The summed E-state index contributed by atoms with van der Waals surface area (Å²) in [4.78, 5) is 11.0. The number of benzene rings is 2. The summed E-state index contributed by atoms with van der Waals surface area (Å²) in [5.41, 5.74) is 1.46. The summed E-state index contributed by atoms with van der Waals surface area (Å²) in [5, 5.41) is 9.96. The van der Waals surface area contributed by atoms with E-state index in [0.717, 1.165) is 11.8 Å². The smallest absolute Gasteiger partial charge is 0.261 e. The van der Waals surface area contributed by atoms with E-state index in [9.17, 15) is 18.3 Å². The number of hydrogen-bond donors (Lipinski definition) is 2.